The summed E-state index contributed by atoms with van der Waals surface area (Å²) in [4.78, 5) is 22.8. The number of carbonyl (C=O) groups is 1. The quantitative estimate of drug-likeness (QED) is 0.904. The largest absolute Gasteiger partial charge is 0.343 e. The van der Waals surface area contributed by atoms with Gasteiger partial charge in [-0.2, -0.15) is 5.10 Å². The fourth-order valence-electron chi connectivity index (χ4n) is 3.05. The smallest absolute Gasteiger partial charge is 0.224 e. The number of hydrogen-bond donors (Lipinski definition) is 1. The number of aromatic nitrogens is 5. The van der Waals surface area contributed by atoms with Crippen molar-refractivity contribution in [3.05, 3.63) is 30.4 Å². The van der Waals surface area contributed by atoms with Crippen molar-refractivity contribution in [2.75, 3.05) is 13.1 Å². The van der Waals surface area contributed by atoms with E-state index in [4.69, 9.17) is 0 Å². The molecular formula is C15H22N6O. The summed E-state index contributed by atoms with van der Waals surface area (Å²) in [6.45, 7) is 4.39. The number of nitrogens with zero attached hydrogens (tertiary/aromatic N) is 5. The third-order valence-electron chi connectivity index (χ3n) is 4.35. The summed E-state index contributed by atoms with van der Waals surface area (Å²) in [7, 11) is 0. The van der Waals surface area contributed by atoms with Crippen LogP contribution in [0.25, 0.3) is 0 Å². The number of amides is 1. The minimum absolute atomic E-state index is 0.228. The van der Waals surface area contributed by atoms with Crippen molar-refractivity contribution < 1.29 is 4.79 Å². The Morgan fingerprint density at radius 2 is 2.18 bits per heavy atom. The lowest BCUT2D eigenvalue weighted by Crippen LogP contribution is -2.38. The number of H-pyrrole nitrogens is 1. The first-order valence-corrected chi connectivity index (χ1v) is 7.91. The first-order valence-electron chi connectivity index (χ1n) is 7.91. The summed E-state index contributed by atoms with van der Waals surface area (Å²) in [5.41, 5.74) is 0. The standard InChI is InChI=1S/C15H22N6O/c1-2-13-16-6-10-20(13)9-5-14(22)21-7-3-12(4-8-21)15-17-11-18-19-15/h6,10-12H,2-5,7-9H2,1H3,(H,17,18,19). The van der Waals surface area contributed by atoms with Crippen LogP contribution >= 0.6 is 0 Å². The van der Waals surface area contributed by atoms with E-state index in [1.807, 2.05) is 11.1 Å². The molecule has 1 saturated heterocycles. The first kappa shape index (κ1) is 14.7. The summed E-state index contributed by atoms with van der Waals surface area (Å²) in [5.74, 6) is 2.61. The third kappa shape index (κ3) is 3.18. The van der Waals surface area contributed by atoms with Crippen LogP contribution < -0.4 is 0 Å². The Morgan fingerprint density at radius 1 is 1.36 bits per heavy atom. The van der Waals surface area contributed by atoms with Gasteiger partial charge in [0.2, 0.25) is 5.91 Å². The maximum Gasteiger partial charge on any atom is 0.224 e. The maximum atomic E-state index is 12.3. The van der Waals surface area contributed by atoms with E-state index in [1.165, 1.54) is 0 Å². The minimum atomic E-state index is 0.228. The number of likely N-dealkylation sites (tertiary alicyclic amines) is 1. The van der Waals surface area contributed by atoms with Gasteiger partial charge in [-0.25, -0.2) is 9.97 Å². The molecule has 1 amide bonds. The topological polar surface area (TPSA) is 79.7 Å². The Kier molecular flexibility index (Phi) is 4.50. The van der Waals surface area contributed by atoms with Crippen LogP contribution in [0.4, 0.5) is 0 Å². The fourth-order valence-corrected chi connectivity index (χ4v) is 3.05. The van der Waals surface area contributed by atoms with E-state index < -0.39 is 0 Å². The normalized spacial score (nSPS) is 16.1. The predicted octanol–water partition coefficient (Wildman–Crippen LogP) is 1.36. The number of aryl methyl sites for hydroxylation is 2. The summed E-state index contributed by atoms with van der Waals surface area (Å²) < 4.78 is 2.07. The van der Waals surface area contributed by atoms with Gasteiger partial charge in [-0.1, -0.05) is 6.92 Å². The molecule has 3 heterocycles. The van der Waals surface area contributed by atoms with Gasteiger partial charge in [0.15, 0.2) is 0 Å². The lowest BCUT2D eigenvalue weighted by Gasteiger charge is -2.31. The Bertz CT molecular complexity index is 597. The molecule has 1 fully saturated rings. The number of imidazole rings is 1. The van der Waals surface area contributed by atoms with Gasteiger partial charge >= 0.3 is 0 Å². The molecule has 0 bridgehead atoms. The van der Waals surface area contributed by atoms with Crippen LogP contribution in [-0.2, 0) is 17.8 Å². The highest BCUT2D eigenvalue weighted by atomic mass is 16.2. The van der Waals surface area contributed by atoms with Crippen LogP contribution in [0.5, 0.6) is 0 Å². The second kappa shape index (κ2) is 6.72. The van der Waals surface area contributed by atoms with Gasteiger partial charge in [0.1, 0.15) is 18.0 Å². The molecule has 1 aliphatic rings. The molecule has 118 valence electrons. The molecule has 0 aromatic carbocycles. The molecule has 22 heavy (non-hydrogen) atoms. The molecule has 1 aliphatic heterocycles. The molecule has 0 radical (unpaired) electrons. The minimum Gasteiger partial charge on any atom is -0.343 e. The average molecular weight is 302 g/mol. The number of hydrogen-bond acceptors (Lipinski definition) is 4. The molecule has 2 aromatic rings. The lowest BCUT2D eigenvalue weighted by molar-refractivity contribution is -0.132. The van der Waals surface area contributed by atoms with Gasteiger partial charge in [-0.15, -0.1) is 0 Å². The Labute approximate surface area is 129 Å². The van der Waals surface area contributed by atoms with Gasteiger partial charge in [0, 0.05) is 50.8 Å². The molecule has 1 N–H and O–H groups in total. The van der Waals surface area contributed by atoms with Crippen LogP contribution in [0.15, 0.2) is 18.7 Å². The van der Waals surface area contributed by atoms with Gasteiger partial charge < -0.3 is 9.47 Å². The van der Waals surface area contributed by atoms with E-state index in [0.29, 0.717) is 18.9 Å². The molecule has 0 aliphatic carbocycles. The highest BCUT2D eigenvalue weighted by Gasteiger charge is 2.25. The van der Waals surface area contributed by atoms with Crippen LogP contribution in [0.3, 0.4) is 0 Å². The van der Waals surface area contributed by atoms with Gasteiger partial charge in [-0.3, -0.25) is 9.89 Å². The van der Waals surface area contributed by atoms with E-state index in [2.05, 4.69) is 31.7 Å². The van der Waals surface area contributed by atoms with Crippen LogP contribution in [0.2, 0.25) is 0 Å². The summed E-state index contributed by atoms with van der Waals surface area (Å²) >= 11 is 0. The summed E-state index contributed by atoms with van der Waals surface area (Å²) in [6.07, 6.45) is 8.62. The van der Waals surface area contributed by atoms with E-state index in [9.17, 15) is 4.79 Å². The van der Waals surface area contributed by atoms with Crippen molar-refractivity contribution in [1.82, 2.24) is 29.6 Å². The Morgan fingerprint density at radius 3 is 2.86 bits per heavy atom. The molecule has 2 aromatic heterocycles. The third-order valence-corrected chi connectivity index (χ3v) is 4.35. The second-order valence-corrected chi connectivity index (χ2v) is 5.67. The molecule has 3 rings (SSSR count). The van der Waals surface area contributed by atoms with E-state index in [1.54, 1.807) is 12.5 Å². The maximum absolute atomic E-state index is 12.3. The summed E-state index contributed by atoms with van der Waals surface area (Å²) in [6, 6.07) is 0. The van der Waals surface area contributed by atoms with E-state index in [0.717, 1.165) is 44.0 Å². The highest BCUT2D eigenvalue weighted by Crippen LogP contribution is 2.25. The van der Waals surface area contributed by atoms with E-state index >= 15 is 0 Å². The van der Waals surface area contributed by atoms with Crippen molar-refractivity contribution in [2.45, 2.75) is 45.1 Å². The lowest BCUT2D eigenvalue weighted by atomic mass is 9.96. The number of nitrogens with one attached hydrogen (secondary N) is 1. The molecule has 0 atom stereocenters. The second-order valence-electron chi connectivity index (χ2n) is 5.67. The van der Waals surface area contributed by atoms with E-state index in [-0.39, 0.29) is 5.91 Å². The van der Waals surface area contributed by atoms with Crippen molar-refractivity contribution in [2.24, 2.45) is 0 Å². The number of carbonyl (C=O) groups excluding carboxylic acids is 1. The average Bonchev–Trinajstić information content (AvgIpc) is 3.24. The van der Waals surface area contributed by atoms with Gasteiger partial charge in [-0.05, 0) is 12.8 Å². The van der Waals surface area contributed by atoms with Crippen molar-refractivity contribution >= 4 is 5.91 Å². The first-order chi connectivity index (χ1) is 10.8. The van der Waals surface area contributed by atoms with Crippen molar-refractivity contribution in [3.63, 3.8) is 0 Å². The SMILES string of the molecule is CCc1nccn1CCC(=O)N1CCC(c2ncn[nH]2)CC1. The molecule has 7 heteroatoms. The van der Waals surface area contributed by atoms with Crippen molar-refractivity contribution in [3.8, 4) is 0 Å². The number of aromatic amines is 1. The van der Waals surface area contributed by atoms with Gasteiger partial charge in [0.05, 0.1) is 0 Å². The molecule has 0 spiro atoms. The zero-order chi connectivity index (χ0) is 15.4. The van der Waals surface area contributed by atoms with Gasteiger partial charge in [0.25, 0.3) is 0 Å². The zero-order valence-electron chi connectivity index (χ0n) is 12.9. The predicted molar refractivity (Wildman–Crippen MR) is 81.2 cm³/mol. The fraction of sp³-hybridized carbons (Fsp3) is 0.600. The molecular weight excluding hydrogens is 280 g/mol. The van der Waals surface area contributed by atoms with Crippen LogP contribution in [0, 0.1) is 0 Å². The number of piperidine rings is 1. The Balaban J connectivity index is 1.48. The molecule has 0 saturated carbocycles. The van der Waals surface area contributed by atoms with Crippen LogP contribution in [-0.4, -0.2) is 48.6 Å². The van der Waals surface area contributed by atoms with Crippen molar-refractivity contribution in [1.29, 1.82) is 0 Å². The monoisotopic (exact) mass is 302 g/mol. The Hall–Kier alpha value is -2.18. The molecule has 0 unspecified atom stereocenters. The molecule has 7 nitrogen and oxygen atoms in total. The summed E-state index contributed by atoms with van der Waals surface area (Å²) in [5, 5.41) is 6.83. The van der Waals surface area contributed by atoms with Crippen LogP contribution in [0.1, 0.15) is 43.8 Å². The number of rotatable bonds is 5. The highest BCUT2D eigenvalue weighted by molar-refractivity contribution is 5.76. The zero-order valence-corrected chi connectivity index (χ0v) is 12.9.